The zero-order chi connectivity index (χ0) is 15.5. The quantitative estimate of drug-likeness (QED) is 0.729. The molecule has 0 N–H and O–H groups in total. The third-order valence-electron chi connectivity index (χ3n) is 3.78. The van der Waals surface area contributed by atoms with Crippen molar-refractivity contribution in [2.24, 2.45) is 0 Å². The van der Waals surface area contributed by atoms with E-state index in [-0.39, 0.29) is 10.9 Å². The first-order valence-corrected chi connectivity index (χ1v) is 9.56. The summed E-state index contributed by atoms with van der Waals surface area (Å²) >= 11 is 3.27. The van der Waals surface area contributed by atoms with Crippen LogP contribution in [0.4, 0.5) is 8.78 Å². The molecule has 0 aliphatic heterocycles. The van der Waals surface area contributed by atoms with E-state index >= 15 is 0 Å². The van der Waals surface area contributed by atoms with E-state index in [1.54, 1.807) is 0 Å². The normalized spacial score (nSPS) is 17.3. The number of hydrogen-bond donors (Lipinski definition) is 0. The van der Waals surface area contributed by atoms with E-state index in [0.29, 0.717) is 11.9 Å². The molecule has 118 valence electrons. The maximum Gasteiger partial charge on any atom is 0.243 e. The Morgan fingerprint density at radius 2 is 1.81 bits per heavy atom. The summed E-state index contributed by atoms with van der Waals surface area (Å²) in [6.45, 7) is 0.325. The van der Waals surface area contributed by atoms with Crippen LogP contribution in [0.1, 0.15) is 32.1 Å². The van der Waals surface area contributed by atoms with Crippen molar-refractivity contribution in [2.45, 2.75) is 43.0 Å². The maximum absolute atomic E-state index is 13.3. The van der Waals surface area contributed by atoms with Gasteiger partial charge >= 0.3 is 0 Å². The Balaban J connectivity index is 2.34. The first kappa shape index (κ1) is 16.8. The van der Waals surface area contributed by atoms with Gasteiger partial charge in [-0.1, -0.05) is 35.2 Å². The second kappa shape index (κ2) is 7.15. The molecule has 0 unspecified atom stereocenters. The van der Waals surface area contributed by atoms with E-state index < -0.39 is 21.7 Å². The number of hydrogen-bond acceptors (Lipinski definition) is 2. The highest BCUT2D eigenvalue weighted by Crippen LogP contribution is 2.28. The summed E-state index contributed by atoms with van der Waals surface area (Å²) in [6.07, 6.45) is 4.74. The number of rotatable bonds is 5. The minimum Gasteiger partial charge on any atom is -0.207 e. The summed E-state index contributed by atoms with van der Waals surface area (Å²) in [4.78, 5) is -0.187. The highest BCUT2D eigenvalue weighted by Gasteiger charge is 2.32. The molecule has 1 aromatic carbocycles. The summed E-state index contributed by atoms with van der Waals surface area (Å²) in [7, 11) is -3.81. The van der Waals surface area contributed by atoms with Gasteiger partial charge in [0.1, 0.15) is 0 Å². The van der Waals surface area contributed by atoms with Gasteiger partial charge in [0.15, 0.2) is 11.6 Å². The Hall–Kier alpha value is -0.530. The lowest BCUT2D eigenvalue weighted by Gasteiger charge is -2.33. The van der Waals surface area contributed by atoms with E-state index in [0.717, 1.165) is 50.3 Å². The molecule has 0 atom stereocenters. The van der Waals surface area contributed by atoms with Gasteiger partial charge in [-0.2, -0.15) is 4.31 Å². The lowest BCUT2D eigenvalue weighted by atomic mass is 9.95. The molecule has 1 fully saturated rings. The number of nitrogens with zero attached hydrogens (tertiary/aromatic N) is 1. The summed E-state index contributed by atoms with van der Waals surface area (Å²) in [5, 5.41) is 0.506. The second-order valence-corrected chi connectivity index (χ2v) is 7.86. The summed E-state index contributed by atoms with van der Waals surface area (Å²) in [6, 6.07) is 2.68. The fourth-order valence-corrected chi connectivity index (χ4v) is 5.04. The summed E-state index contributed by atoms with van der Waals surface area (Å²) in [5.41, 5.74) is 0. The van der Waals surface area contributed by atoms with Crippen LogP contribution in [0.5, 0.6) is 0 Å². The fraction of sp³-hybridized carbons (Fsp3) is 0.571. The molecule has 21 heavy (non-hydrogen) atoms. The van der Waals surface area contributed by atoms with Gasteiger partial charge in [-0.3, -0.25) is 0 Å². The number of alkyl halides is 1. The number of sulfonamides is 1. The molecule has 0 saturated heterocycles. The third-order valence-corrected chi connectivity index (χ3v) is 6.09. The Kier molecular flexibility index (Phi) is 5.73. The molecular weight excluding hydrogens is 364 g/mol. The minimum atomic E-state index is -3.81. The second-order valence-electron chi connectivity index (χ2n) is 5.17. The summed E-state index contributed by atoms with van der Waals surface area (Å²) in [5.74, 6) is -2.18. The van der Waals surface area contributed by atoms with Crippen molar-refractivity contribution in [3.8, 4) is 0 Å². The van der Waals surface area contributed by atoms with Gasteiger partial charge < -0.3 is 0 Å². The van der Waals surface area contributed by atoms with Gasteiger partial charge in [0.25, 0.3) is 0 Å². The highest BCUT2D eigenvalue weighted by atomic mass is 79.9. The molecule has 0 amide bonds. The van der Waals surface area contributed by atoms with Crippen molar-refractivity contribution in [2.75, 3.05) is 11.9 Å². The SMILES string of the molecule is O=S(=O)(c1ccc(F)c(F)c1)N(CCBr)C1CCCCC1. The van der Waals surface area contributed by atoms with Crippen LogP contribution >= 0.6 is 15.9 Å². The van der Waals surface area contributed by atoms with Crippen molar-refractivity contribution in [3.63, 3.8) is 0 Å². The van der Waals surface area contributed by atoms with Crippen molar-refractivity contribution in [1.29, 1.82) is 0 Å². The zero-order valence-electron chi connectivity index (χ0n) is 11.6. The van der Waals surface area contributed by atoms with Crippen LogP contribution in [0.25, 0.3) is 0 Å². The lowest BCUT2D eigenvalue weighted by molar-refractivity contribution is 0.263. The monoisotopic (exact) mass is 381 g/mol. The number of benzene rings is 1. The number of halogens is 3. The zero-order valence-corrected chi connectivity index (χ0v) is 14.0. The standard InChI is InChI=1S/C14H18BrF2NO2S/c15-8-9-18(11-4-2-1-3-5-11)21(19,20)12-6-7-13(16)14(17)10-12/h6-7,10-11H,1-5,8-9H2. The molecule has 1 aliphatic carbocycles. The average Bonchev–Trinajstić information content (AvgIpc) is 2.48. The van der Waals surface area contributed by atoms with Crippen LogP contribution in [-0.2, 0) is 10.0 Å². The molecular formula is C14H18BrF2NO2S. The molecule has 1 aliphatic rings. The van der Waals surface area contributed by atoms with E-state index in [1.807, 2.05) is 0 Å². The van der Waals surface area contributed by atoms with Crippen molar-refractivity contribution >= 4 is 26.0 Å². The predicted octanol–water partition coefficient (Wildman–Crippen LogP) is 3.68. The van der Waals surface area contributed by atoms with Gasteiger partial charge in [-0.15, -0.1) is 0 Å². The lowest BCUT2D eigenvalue weighted by Crippen LogP contribution is -2.42. The van der Waals surface area contributed by atoms with Crippen LogP contribution in [0, 0.1) is 11.6 Å². The molecule has 7 heteroatoms. The molecule has 0 spiro atoms. The largest absolute Gasteiger partial charge is 0.243 e. The Labute approximate surface area is 132 Å². The highest BCUT2D eigenvalue weighted by molar-refractivity contribution is 9.09. The first-order chi connectivity index (χ1) is 9.96. The Morgan fingerprint density at radius 1 is 1.14 bits per heavy atom. The fourth-order valence-electron chi connectivity index (χ4n) is 2.72. The molecule has 0 bridgehead atoms. The van der Waals surface area contributed by atoms with E-state index in [4.69, 9.17) is 0 Å². The third kappa shape index (κ3) is 3.81. The van der Waals surface area contributed by atoms with Crippen molar-refractivity contribution in [1.82, 2.24) is 4.31 Å². The topological polar surface area (TPSA) is 37.4 Å². The van der Waals surface area contributed by atoms with Gasteiger partial charge in [0.2, 0.25) is 10.0 Å². The van der Waals surface area contributed by atoms with Crippen LogP contribution in [0.2, 0.25) is 0 Å². The molecule has 0 radical (unpaired) electrons. The van der Waals surface area contributed by atoms with E-state index in [1.165, 1.54) is 4.31 Å². The smallest absolute Gasteiger partial charge is 0.207 e. The Bertz CT molecular complexity index is 589. The van der Waals surface area contributed by atoms with E-state index in [9.17, 15) is 17.2 Å². The van der Waals surface area contributed by atoms with Gasteiger partial charge in [0, 0.05) is 17.9 Å². The van der Waals surface area contributed by atoms with Crippen LogP contribution in [0.15, 0.2) is 23.1 Å². The molecule has 0 heterocycles. The molecule has 1 aromatic rings. The first-order valence-electron chi connectivity index (χ1n) is 6.99. The van der Waals surface area contributed by atoms with Crippen LogP contribution in [-0.4, -0.2) is 30.6 Å². The average molecular weight is 382 g/mol. The maximum atomic E-state index is 13.3. The minimum absolute atomic E-state index is 0.0607. The van der Waals surface area contributed by atoms with Crippen LogP contribution in [0.3, 0.4) is 0 Å². The van der Waals surface area contributed by atoms with Gasteiger partial charge in [0.05, 0.1) is 4.90 Å². The van der Waals surface area contributed by atoms with E-state index in [2.05, 4.69) is 15.9 Å². The molecule has 1 saturated carbocycles. The molecule has 0 aromatic heterocycles. The van der Waals surface area contributed by atoms with Crippen LogP contribution < -0.4 is 0 Å². The molecule has 2 rings (SSSR count). The van der Waals surface area contributed by atoms with Gasteiger partial charge in [-0.05, 0) is 31.0 Å². The van der Waals surface area contributed by atoms with Crippen molar-refractivity contribution in [3.05, 3.63) is 29.8 Å². The Morgan fingerprint density at radius 3 is 2.38 bits per heavy atom. The summed E-state index contributed by atoms with van der Waals surface area (Å²) < 4.78 is 53.2. The molecule has 3 nitrogen and oxygen atoms in total. The predicted molar refractivity (Wildman–Crippen MR) is 80.9 cm³/mol. The van der Waals surface area contributed by atoms with Gasteiger partial charge in [-0.25, -0.2) is 17.2 Å². The van der Waals surface area contributed by atoms with Crippen molar-refractivity contribution < 1.29 is 17.2 Å².